The summed E-state index contributed by atoms with van der Waals surface area (Å²) < 4.78 is 28.5. The topological polar surface area (TPSA) is 50.4 Å². The molecule has 0 spiro atoms. The fourth-order valence-corrected chi connectivity index (χ4v) is 2.53. The molecule has 2 atom stereocenters. The summed E-state index contributed by atoms with van der Waals surface area (Å²) in [6.45, 7) is 1.77. The van der Waals surface area contributed by atoms with Crippen LogP contribution in [0.25, 0.3) is 0 Å². The van der Waals surface area contributed by atoms with Gasteiger partial charge in [0.05, 0.1) is 12.5 Å². The summed E-state index contributed by atoms with van der Waals surface area (Å²) in [5.74, 6) is -0.302. The van der Waals surface area contributed by atoms with E-state index in [2.05, 4.69) is 10.6 Å². The molecule has 1 aromatic carbocycles. The first-order valence-corrected chi connectivity index (χ1v) is 7.07. The van der Waals surface area contributed by atoms with E-state index in [1.807, 2.05) is 31.2 Å². The minimum Gasteiger partial charge on any atom is -0.382 e. The van der Waals surface area contributed by atoms with Crippen molar-refractivity contribution in [3.8, 4) is 0 Å². The van der Waals surface area contributed by atoms with Gasteiger partial charge in [-0.25, -0.2) is 8.78 Å². The van der Waals surface area contributed by atoms with Crippen molar-refractivity contribution in [2.45, 2.75) is 31.7 Å². The van der Waals surface area contributed by atoms with Crippen molar-refractivity contribution in [3.05, 3.63) is 29.8 Å². The van der Waals surface area contributed by atoms with Crippen LogP contribution >= 0.6 is 0 Å². The van der Waals surface area contributed by atoms with Gasteiger partial charge in [-0.05, 0) is 25.0 Å². The standard InChI is InChI=1S/C15H20F2N2O2/c1-10-8-12(11-4-2-3-5-13(11)19-10)15(20)18-6-7-21-9-14(16)17/h2-5,10,12,14,19H,6-9H2,1H3,(H,18,20). The Hall–Kier alpha value is -1.69. The van der Waals surface area contributed by atoms with Crippen LogP contribution in [-0.2, 0) is 9.53 Å². The first-order valence-electron chi connectivity index (χ1n) is 7.07. The second-order valence-corrected chi connectivity index (χ2v) is 5.18. The number of amides is 1. The third-order valence-corrected chi connectivity index (χ3v) is 3.43. The van der Waals surface area contributed by atoms with E-state index in [9.17, 15) is 13.6 Å². The predicted octanol–water partition coefficient (Wildman–Crippen LogP) is 2.37. The zero-order chi connectivity index (χ0) is 15.2. The fourth-order valence-electron chi connectivity index (χ4n) is 2.53. The first kappa shape index (κ1) is 15.7. The molecule has 1 heterocycles. The Kier molecular flexibility index (Phi) is 5.50. The Labute approximate surface area is 122 Å². The minimum absolute atomic E-state index is 0.0866. The maximum absolute atomic E-state index is 12.3. The second kappa shape index (κ2) is 7.36. The van der Waals surface area contributed by atoms with Crippen LogP contribution in [0.2, 0.25) is 0 Å². The van der Waals surface area contributed by atoms with E-state index in [1.165, 1.54) is 0 Å². The van der Waals surface area contributed by atoms with Crippen molar-refractivity contribution >= 4 is 11.6 Å². The zero-order valence-electron chi connectivity index (χ0n) is 11.9. The molecule has 2 unspecified atom stereocenters. The maximum atomic E-state index is 12.3. The molecule has 1 aliphatic rings. The van der Waals surface area contributed by atoms with Crippen molar-refractivity contribution in [3.63, 3.8) is 0 Å². The second-order valence-electron chi connectivity index (χ2n) is 5.18. The van der Waals surface area contributed by atoms with E-state index < -0.39 is 13.0 Å². The smallest absolute Gasteiger partial charge is 0.261 e. The maximum Gasteiger partial charge on any atom is 0.261 e. The van der Waals surface area contributed by atoms with Crippen LogP contribution < -0.4 is 10.6 Å². The van der Waals surface area contributed by atoms with E-state index >= 15 is 0 Å². The summed E-state index contributed by atoms with van der Waals surface area (Å²) in [5.41, 5.74) is 1.95. The average molecular weight is 298 g/mol. The molecule has 0 saturated carbocycles. The Morgan fingerprint density at radius 2 is 2.24 bits per heavy atom. The molecule has 21 heavy (non-hydrogen) atoms. The molecule has 0 aliphatic carbocycles. The summed E-state index contributed by atoms with van der Waals surface area (Å²) >= 11 is 0. The van der Waals surface area contributed by atoms with Crippen molar-refractivity contribution in [2.75, 3.05) is 25.1 Å². The van der Waals surface area contributed by atoms with Crippen molar-refractivity contribution < 1.29 is 18.3 Å². The van der Waals surface area contributed by atoms with E-state index in [-0.39, 0.29) is 31.0 Å². The Morgan fingerprint density at radius 1 is 1.48 bits per heavy atom. The molecule has 0 fully saturated rings. The molecule has 0 saturated heterocycles. The van der Waals surface area contributed by atoms with Gasteiger partial charge in [-0.3, -0.25) is 4.79 Å². The summed E-state index contributed by atoms with van der Waals surface area (Å²) in [5, 5.41) is 6.10. The van der Waals surface area contributed by atoms with Gasteiger partial charge in [-0.15, -0.1) is 0 Å². The van der Waals surface area contributed by atoms with Gasteiger partial charge >= 0.3 is 0 Å². The number of halogens is 2. The number of anilines is 1. The number of hydrogen-bond acceptors (Lipinski definition) is 3. The normalized spacial score (nSPS) is 20.8. The van der Waals surface area contributed by atoms with Gasteiger partial charge in [0.25, 0.3) is 6.43 Å². The molecule has 0 bridgehead atoms. The minimum atomic E-state index is -2.47. The van der Waals surface area contributed by atoms with Gasteiger partial charge in [-0.2, -0.15) is 0 Å². The zero-order valence-corrected chi connectivity index (χ0v) is 11.9. The molecule has 0 radical (unpaired) electrons. The molecule has 116 valence electrons. The van der Waals surface area contributed by atoms with Crippen LogP contribution in [0.5, 0.6) is 0 Å². The van der Waals surface area contributed by atoms with Crippen molar-refractivity contribution in [2.24, 2.45) is 0 Å². The Bertz CT molecular complexity index is 482. The van der Waals surface area contributed by atoms with Crippen molar-refractivity contribution in [1.29, 1.82) is 0 Å². The van der Waals surface area contributed by atoms with Gasteiger partial charge in [-0.1, -0.05) is 18.2 Å². The van der Waals surface area contributed by atoms with Gasteiger partial charge in [0.15, 0.2) is 0 Å². The van der Waals surface area contributed by atoms with Gasteiger partial charge in [0, 0.05) is 18.3 Å². The molecular formula is C15H20F2N2O2. The molecule has 6 heteroatoms. The Balaban J connectivity index is 1.88. The van der Waals surface area contributed by atoms with Gasteiger partial charge in [0.2, 0.25) is 5.91 Å². The highest BCUT2D eigenvalue weighted by atomic mass is 19.3. The molecule has 1 aromatic rings. The van der Waals surface area contributed by atoms with Gasteiger partial charge in [0.1, 0.15) is 6.61 Å². The Morgan fingerprint density at radius 3 is 3.00 bits per heavy atom. The highest BCUT2D eigenvalue weighted by Gasteiger charge is 2.29. The molecule has 2 N–H and O–H groups in total. The van der Waals surface area contributed by atoms with Gasteiger partial charge < -0.3 is 15.4 Å². The number of carbonyl (C=O) groups is 1. The van der Waals surface area contributed by atoms with Crippen molar-refractivity contribution in [1.82, 2.24) is 5.32 Å². The lowest BCUT2D eigenvalue weighted by Crippen LogP contribution is -2.37. The lowest BCUT2D eigenvalue weighted by atomic mass is 9.87. The number of benzene rings is 1. The molecule has 1 amide bonds. The SMILES string of the molecule is CC1CC(C(=O)NCCOCC(F)F)c2ccccc2N1. The van der Waals surface area contributed by atoms with E-state index in [4.69, 9.17) is 4.74 Å². The fraction of sp³-hybridized carbons (Fsp3) is 0.533. The number of para-hydroxylation sites is 1. The van der Waals surface area contributed by atoms with Crippen LogP contribution in [0.3, 0.4) is 0 Å². The molecule has 2 rings (SSSR count). The number of ether oxygens (including phenoxy) is 1. The third-order valence-electron chi connectivity index (χ3n) is 3.43. The summed E-state index contributed by atoms with van der Waals surface area (Å²) in [4.78, 5) is 12.3. The number of rotatable bonds is 6. The van der Waals surface area contributed by atoms with Crippen LogP contribution in [0, 0.1) is 0 Å². The highest BCUT2D eigenvalue weighted by Crippen LogP contribution is 2.33. The largest absolute Gasteiger partial charge is 0.382 e. The first-order chi connectivity index (χ1) is 10.1. The van der Waals surface area contributed by atoms with Crippen LogP contribution in [-0.4, -0.2) is 38.1 Å². The lowest BCUT2D eigenvalue weighted by molar-refractivity contribution is -0.123. The monoisotopic (exact) mass is 298 g/mol. The number of nitrogens with one attached hydrogen (secondary N) is 2. The number of hydrogen-bond donors (Lipinski definition) is 2. The predicted molar refractivity (Wildman–Crippen MR) is 76.7 cm³/mol. The number of carbonyl (C=O) groups excluding carboxylic acids is 1. The average Bonchev–Trinajstić information content (AvgIpc) is 2.45. The van der Waals surface area contributed by atoms with Crippen LogP contribution in [0.15, 0.2) is 24.3 Å². The summed E-state index contributed by atoms with van der Waals surface area (Å²) in [7, 11) is 0. The number of alkyl halides is 2. The molecule has 4 nitrogen and oxygen atoms in total. The van der Waals surface area contributed by atoms with E-state index in [0.29, 0.717) is 6.42 Å². The highest BCUT2D eigenvalue weighted by molar-refractivity contribution is 5.86. The van der Waals surface area contributed by atoms with Crippen LogP contribution in [0.1, 0.15) is 24.8 Å². The summed E-state index contributed by atoms with van der Waals surface area (Å²) in [6, 6.07) is 7.94. The van der Waals surface area contributed by atoms with Crippen LogP contribution in [0.4, 0.5) is 14.5 Å². The third kappa shape index (κ3) is 4.39. The van der Waals surface area contributed by atoms with E-state index in [0.717, 1.165) is 11.3 Å². The summed E-state index contributed by atoms with van der Waals surface area (Å²) in [6.07, 6.45) is -1.77. The molecule has 1 aliphatic heterocycles. The quantitative estimate of drug-likeness (QED) is 0.793. The molecular weight excluding hydrogens is 278 g/mol. The van der Waals surface area contributed by atoms with E-state index in [1.54, 1.807) is 0 Å². The number of fused-ring (bicyclic) bond motifs is 1. The lowest BCUT2D eigenvalue weighted by Gasteiger charge is -2.30. The molecule has 0 aromatic heterocycles.